The second-order valence-electron chi connectivity index (χ2n) is 8.84. The van der Waals surface area contributed by atoms with Gasteiger partial charge in [-0.25, -0.2) is 4.79 Å². The minimum atomic E-state index is -0.0991. The lowest BCUT2D eigenvalue weighted by Crippen LogP contribution is -2.46. The molecule has 0 aromatic heterocycles. The van der Waals surface area contributed by atoms with Gasteiger partial charge in [-0.15, -0.1) is 6.58 Å². The predicted molar refractivity (Wildman–Crippen MR) is 151 cm³/mol. The van der Waals surface area contributed by atoms with Crippen LogP contribution in [-0.4, -0.2) is 36.5 Å². The van der Waals surface area contributed by atoms with Crippen molar-refractivity contribution in [1.29, 1.82) is 0 Å². The van der Waals surface area contributed by atoms with Crippen molar-refractivity contribution in [3.8, 4) is 0 Å². The number of urea groups is 1. The van der Waals surface area contributed by atoms with Gasteiger partial charge in [-0.1, -0.05) is 42.3 Å². The maximum Gasteiger partial charge on any atom is 0.328 e. The monoisotopic (exact) mass is 559 g/mol. The maximum atomic E-state index is 12.2. The second kappa shape index (κ2) is 12.9. The zero-order valence-electron chi connectivity index (χ0n) is 21.3. The summed E-state index contributed by atoms with van der Waals surface area (Å²) in [6.07, 6.45) is 0.918. The fraction of sp³-hybridized carbons (Fsp3) is 0.357. The van der Waals surface area contributed by atoms with Crippen LogP contribution in [0.2, 0.25) is 5.02 Å². The lowest BCUT2D eigenvalue weighted by molar-refractivity contribution is 0.0948. The van der Waals surface area contributed by atoms with E-state index in [2.05, 4.69) is 54.3 Å². The highest BCUT2D eigenvalue weighted by atomic mass is 79.9. The Morgan fingerprint density at radius 2 is 1.80 bits per heavy atom. The van der Waals surface area contributed by atoms with E-state index in [1.54, 1.807) is 28.0 Å². The number of rotatable bonds is 7. The summed E-state index contributed by atoms with van der Waals surface area (Å²) < 4.78 is 0.788. The van der Waals surface area contributed by atoms with Crippen molar-refractivity contribution in [1.82, 2.24) is 10.2 Å². The molecule has 5 nitrogen and oxygen atoms in total. The van der Waals surface area contributed by atoms with E-state index >= 15 is 0 Å². The lowest BCUT2D eigenvalue weighted by Gasteiger charge is -2.37. The van der Waals surface area contributed by atoms with E-state index in [-0.39, 0.29) is 11.9 Å². The minimum Gasteiger partial charge on any atom is -0.352 e. The normalized spacial score (nSPS) is 13.6. The number of carbonyl (C=O) groups excluding carboxylic acids is 2. The molecule has 1 N–H and O–H groups in total. The Bertz CT molecular complexity index is 1120. The number of nitrogens with zero attached hydrogens (tertiary/aromatic N) is 2. The van der Waals surface area contributed by atoms with Gasteiger partial charge in [0.2, 0.25) is 0 Å². The van der Waals surface area contributed by atoms with Crippen LogP contribution in [0.25, 0.3) is 5.70 Å². The Morgan fingerprint density at radius 1 is 1.14 bits per heavy atom. The summed E-state index contributed by atoms with van der Waals surface area (Å²) in [5.41, 5.74) is 5.73. The topological polar surface area (TPSA) is 52.7 Å². The third-order valence-electron chi connectivity index (χ3n) is 5.66. The number of hydrogen-bond donors (Lipinski definition) is 1. The van der Waals surface area contributed by atoms with Gasteiger partial charge < -0.3 is 5.32 Å². The van der Waals surface area contributed by atoms with Crippen LogP contribution < -0.4 is 10.2 Å². The number of fused-ring (bicyclic) bond motifs is 1. The summed E-state index contributed by atoms with van der Waals surface area (Å²) in [6, 6.07) is 11.3. The van der Waals surface area contributed by atoms with Gasteiger partial charge in [0.25, 0.3) is 5.91 Å². The Hall–Kier alpha value is -2.57. The van der Waals surface area contributed by atoms with Crippen LogP contribution in [0.15, 0.2) is 59.6 Å². The van der Waals surface area contributed by atoms with E-state index in [1.807, 2.05) is 32.9 Å². The molecule has 1 atom stereocenters. The molecule has 1 aliphatic heterocycles. The van der Waals surface area contributed by atoms with Crippen molar-refractivity contribution < 1.29 is 9.59 Å². The van der Waals surface area contributed by atoms with Gasteiger partial charge in [-0.2, -0.15) is 0 Å². The first-order valence-electron chi connectivity index (χ1n) is 11.8. The van der Waals surface area contributed by atoms with Crippen molar-refractivity contribution in [2.24, 2.45) is 5.92 Å². The van der Waals surface area contributed by atoms with E-state index in [0.717, 1.165) is 33.4 Å². The molecule has 1 heterocycles. The molecule has 0 radical (unpaired) electrons. The third-order valence-corrected chi connectivity index (χ3v) is 6.90. The van der Waals surface area contributed by atoms with Gasteiger partial charge in [0.05, 0.1) is 10.7 Å². The van der Waals surface area contributed by atoms with Crippen LogP contribution in [0.3, 0.4) is 0 Å². The molecule has 188 valence electrons. The van der Waals surface area contributed by atoms with Crippen LogP contribution in [0.4, 0.5) is 10.5 Å². The Balaban J connectivity index is 0.000000247. The summed E-state index contributed by atoms with van der Waals surface area (Å²) in [7, 11) is 0. The van der Waals surface area contributed by atoms with E-state index in [1.165, 1.54) is 5.56 Å². The number of anilines is 1. The van der Waals surface area contributed by atoms with Crippen molar-refractivity contribution >= 4 is 50.9 Å². The SMILES string of the molecule is C=C(C)CC(C)CNC(=O)c1ccc(Br)c(Cl)c1.C=C1c2cc(C)ccc2N(CC)C(=O)N1CC. The average molecular weight is 561 g/mol. The molecule has 3 amide bonds. The van der Waals surface area contributed by atoms with Gasteiger partial charge in [0.1, 0.15) is 0 Å². The standard InChI is InChI=1S/C14H17BrClNO.C14H18N2O/c1-9(2)6-10(3)8-17-14(18)11-4-5-12(15)13(16)7-11;1-5-15-11(4)12-9-10(3)7-8-13(12)16(6-2)14(15)17/h4-5,7,10H,1,6,8H2,2-3H3,(H,17,18);7-9H,4-6H2,1-3H3. The van der Waals surface area contributed by atoms with Gasteiger partial charge in [-0.3, -0.25) is 14.6 Å². The van der Waals surface area contributed by atoms with Crippen LogP contribution in [-0.2, 0) is 0 Å². The molecular formula is C28H35BrClN3O2. The first kappa shape index (κ1) is 28.7. The van der Waals surface area contributed by atoms with Crippen molar-refractivity contribution in [3.63, 3.8) is 0 Å². The first-order valence-corrected chi connectivity index (χ1v) is 12.9. The minimum absolute atomic E-state index is 0.0244. The highest BCUT2D eigenvalue weighted by molar-refractivity contribution is 9.10. The van der Waals surface area contributed by atoms with Crippen molar-refractivity contribution in [3.05, 3.63) is 81.3 Å². The van der Waals surface area contributed by atoms with Gasteiger partial charge in [-0.05, 0) is 86.3 Å². The Morgan fingerprint density at radius 3 is 2.37 bits per heavy atom. The fourth-order valence-electron chi connectivity index (χ4n) is 3.93. The second-order valence-corrected chi connectivity index (χ2v) is 10.1. The quantitative estimate of drug-likeness (QED) is 0.353. The Labute approximate surface area is 223 Å². The van der Waals surface area contributed by atoms with Crippen LogP contribution in [0.1, 0.15) is 55.6 Å². The molecule has 0 spiro atoms. The molecule has 0 saturated heterocycles. The number of aryl methyl sites for hydroxylation is 1. The van der Waals surface area contributed by atoms with Gasteiger partial charge >= 0.3 is 6.03 Å². The summed E-state index contributed by atoms with van der Waals surface area (Å²) >= 11 is 9.25. The van der Waals surface area contributed by atoms with Crippen LogP contribution >= 0.6 is 27.5 Å². The average Bonchev–Trinajstić information content (AvgIpc) is 2.80. The summed E-state index contributed by atoms with van der Waals surface area (Å²) in [6.45, 7) is 20.0. The predicted octanol–water partition coefficient (Wildman–Crippen LogP) is 7.68. The van der Waals surface area contributed by atoms with Crippen LogP contribution in [0.5, 0.6) is 0 Å². The smallest absolute Gasteiger partial charge is 0.328 e. The van der Waals surface area contributed by atoms with Crippen molar-refractivity contribution in [2.75, 3.05) is 24.5 Å². The molecule has 1 aliphatic rings. The number of hydrogen-bond acceptors (Lipinski definition) is 2. The summed E-state index contributed by atoms with van der Waals surface area (Å²) in [5.74, 6) is 0.287. The maximum absolute atomic E-state index is 12.2. The van der Waals surface area contributed by atoms with E-state index in [4.69, 9.17) is 11.6 Å². The molecule has 3 rings (SSSR count). The first-order chi connectivity index (χ1) is 16.5. The Kier molecular flexibility index (Phi) is 10.6. The van der Waals surface area contributed by atoms with Gasteiger partial charge in [0.15, 0.2) is 0 Å². The number of halogens is 2. The molecule has 1 unspecified atom stereocenters. The number of nitrogens with one attached hydrogen (secondary N) is 1. The molecular weight excluding hydrogens is 526 g/mol. The van der Waals surface area contributed by atoms with Crippen molar-refractivity contribution in [2.45, 2.75) is 41.0 Å². The highest BCUT2D eigenvalue weighted by Gasteiger charge is 2.31. The number of amides is 3. The molecule has 2 aromatic rings. The molecule has 0 fully saturated rings. The number of carbonyl (C=O) groups is 2. The third kappa shape index (κ3) is 7.45. The molecule has 35 heavy (non-hydrogen) atoms. The zero-order chi connectivity index (χ0) is 26.3. The molecule has 7 heteroatoms. The lowest BCUT2D eigenvalue weighted by atomic mass is 10.0. The van der Waals surface area contributed by atoms with E-state index < -0.39 is 0 Å². The molecule has 2 aromatic carbocycles. The van der Waals surface area contributed by atoms with Crippen LogP contribution in [0, 0.1) is 12.8 Å². The zero-order valence-corrected chi connectivity index (χ0v) is 23.6. The summed E-state index contributed by atoms with van der Waals surface area (Å²) in [4.78, 5) is 27.7. The fourth-order valence-corrected chi connectivity index (χ4v) is 4.36. The molecule has 0 saturated carbocycles. The summed E-state index contributed by atoms with van der Waals surface area (Å²) in [5, 5.41) is 3.44. The molecule has 0 aliphatic carbocycles. The highest BCUT2D eigenvalue weighted by Crippen LogP contribution is 2.35. The van der Waals surface area contributed by atoms with E-state index in [0.29, 0.717) is 36.1 Å². The molecule has 0 bridgehead atoms. The van der Waals surface area contributed by atoms with E-state index in [9.17, 15) is 9.59 Å². The van der Waals surface area contributed by atoms with Gasteiger partial charge in [0, 0.05) is 40.9 Å². The number of benzene rings is 2. The largest absolute Gasteiger partial charge is 0.352 e. The number of allylic oxidation sites excluding steroid dienone is 1.